The van der Waals surface area contributed by atoms with E-state index in [-0.39, 0.29) is 11.9 Å². The van der Waals surface area contributed by atoms with Crippen LogP contribution in [0, 0.1) is 11.8 Å². The average Bonchev–Trinajstić information content (AvgIpc) is 2.99. The van der Waals surface area contributed by atoms with E-state index in [4.69, 9.17) is 4.74 Å². The molecule has 3 N–H and O–H groups in total. The number of hydrogen-bond acceptors (Lipinski definition) is 4. The monoisotopic (exact) mass is 268 g/mol. The van der Waals surface area contributed by atoms with Crippen LogP contribution in [0.4, 0.5) is 0 Å². The van der Waals surface area contributed by atoms with Crippen LogP contribution >= 0.6 is 0 Å². The van der Waals surface area contributed by atoms with Gasteiger partial charge in [-0.2, -0.15) is 0 Å². The highest BCUT2D eigenvalue weighted by Crippen LogP contribution is 2.37. The SMILES string of the molecule is O=C(NCC1(O)CCOCC1)C1NCC2CCCC21. The Morgan fingerprint density at radius 1 is 1.37 bits per heavy atom. The Morgan fingerprint density at radius 2 is 2.16 bits per heavy atom. The molecule has 0 spiro atoms. The third-order valence-corrected chi connectivity index (χ3v) is 5.04. The molecule has 1 aliphatic carbocycles. The van der Waals surface area contributed by atoms with Crippen LogP contribution in [0.25, 0.3) is 0 Å². The lowest BCUT2D eigenvalue weighted by Crippen LogP contribution is -2.51. The van der Waals surface area contributed by atoms with Crippen molar-refractivity contribution < 1.29 is 14.6 Å². The first kappa shape index (κ1) is 13.3. The normalized spacial score (nSPS) is 37.0. The van der Waals surface area contributed by atoms with Crippen molar-refractivity contribution >= 4 is 5.91 Å². The zero-order valence-corrected chi connectivity index (χ0v) is 11.4. The van der Waals surface area contributed by atoms with Crippen molar-refractivity contribution in [2.24, 2.45) is 11.8 Å². The standard InChI is InChI=1S/C14H24N2O3/c17-13(12-11-3-1-2-10(11)8-15-12)16-9-14(18)4-6-19-7-5-14/h10-12,15,18H,1-9H2,(H,16,17). The van der Waals surface area contributed by atoms with Crippen molar-refractivity contribution in [3.63, 3.8) is 0 Å². The van der Waals surface area contributed by atoms with Gasteiger partial charge in [-0.05, 0) is 31.2 Å². The van der Waals surface area contributed by atoms with Gasteiger partial charge in [-0.1, -0.05) is 6.42 Å². The molecule has 108 valence electrons. The summed E-state index contributed by atoms with van der Waals surface area (Å²) < 4.78 is 5.24. The minimum atomic E-state index is -0.776. The smallest absolute Gasteiger partial charge is 0.237 e. The molecule has 0 aromatic rings. The van der Waals surface area contributed by atoms with Gasteiger partial charge in [0.25, 0.3) is 0 Å². The Hall–Kier alpha value is -0.650. The highest BCUT2D eigenvalue weighted by atomic mass is 16.5. The lowest BCUT2D eigenvalue weighted by atomic mass is 9.92. The van der Waals surface area contributed by atoms with Gasteiger partial charge in [0.2, 0.25) is 5.91 Å². The van der Waals surface area contributed by atoms with Crippen LogP contribution in [0.3, 0.4) is 0 Å². The Bertz CT molecular complexity index is 342. The van der Waals surface area contributed by atoms with Crippen LogP contribution < -0.4 is 10.6 Å². The lowest BCUT2D eigenvalue weighted by molar-refractivity contribution is -0.126. The second kappa shape index (κ2) is 5.38. The molecular weight excluding hydrogens is 244 g/mol. The average molecular weight is 268 g/mol. The van der Waals surface area contributed by atoms with Crippen LogP contribution in [0.1, 0.15) is 32.1 Å². The third-order valence-electron chi connectivity index (χ3n) is 5.04. The number of ether oxygens (including phenoxy) is 1. The van der Waals surface area contributed by atoms with Gasteiger partial charge in [0.15, 0.2) is 0 Å². The molecule has 0 aromatic heterocycles. The second-order valence-corrected chi connectivity index (χ2v) is 6.30. The van der Waals surface area contributed by atoms with Gasteiger partial charge in [0.05, 0.1) is 11.6 Å². The number of carbonyl (C=O) groups is 1. The summed E-state index contributed by atoms with van der Waals surface area (Å²) in [6.07, 6.45) is 4.88. The predicted octanol–water partition coefficient (Wildman–Crippen LogP) is 0.0322. The summed E-state index contributed by atoms with van der Waals surface area (Å²) in [4.78, 5) is 12.3. The highest BCUT2D eigenvalue weighted by Gasteiger charge is 2.42. The Labute approximate surface area is 114 Å². The summed E-state index contributed by atoms with van der Waals surface area (Å²) in [6.45, 7) is 2.49. The molecule has 1 saturated carbocycles. The maximum Gasteiger partial charge on any atom is 0.237 e. The minimum absolute atomic E-state index is 0.0454. The van der Waals surface area contributed by atoms with E-state index < -0.39 is 5.60 Å². The minimum Gasteiger partial charge on any atom is -0.388 e. The van der Waals surface area contributed by atoms with Gasteiger partial charge in [0, 0.05) is 32.6 Å². The highest BCUT2D eigenvalue weighted by molar-refractivity contribution is 5.82. The van der Waals surface area contributed by atoms with Gasteiger partial charge in [-0.25, -0.2) is 0 Å². The predicted molar refractivity (Wildman–Crippen MR) is 70.6 cm³/mol. The zero-order chi connectivity index (χ0) is 13.3. The van der Waals surface area contributed by atoms with Crippen LogP contribution in [-0.4, -0.2) is 49.0 Å². The van der Waals surface area contributed by atoms with Crippen LogP contribution in [0.15, 0.2) is 0 Å². The van der Waals surface area contributed by atoms with Crippen molar-refractivity contribution in [2.75, 3.05) is 26.3 Å². The number of hydrogen-bond donors (Lipinski definition) is 3. The molecule has 1 amide bonds. The van der Waals surface area contributed by atoms with E-state index in [0.717, 1.165) is 13.0 Å². The molecule has 3 fully saturated rings. The second-order valence-electron chi connectivity index (χ2n) is 6.30. The first-order valence-electron chi connectivity index (χ1n) is 7.49. The van der Waals surface area contributed by atoms with Gasteiger partial charge in [-0.15, -0.1) is 0 Å². The van der Waals surface area contributed by atoms with Crippen LogP contribution in [0.2, 0.25) is 0 Å². The largest absolute Gasteiger partial charge is 0.388 e. The van der Waals surface area contributed by atoms with E-state index in [2.05, 4.69) is 10.6 Å². The van der Waals surface area contributed by atoms with Crippen LogP contribution in [0.5, 0.6) is 0 Å². The molecule has 2 heterocycles. The zero-order valence-electron chi connectivity index (χ0n) is 11.4. The molecule has 2 aliphatic heterocycles. The van der Waals surface area contributed by atoms with Gasteiger partial charge in [0.1, 0.15) is 0 Å². The molecule has 0 radical (unpaired) electrons. The van der Waals surface area contributed by atoms with E-state index in [1.807, 2.05) is 0 Å². The molecule has 3 atom stereocenters. The van der Waals surface area contributed by atoms with E-state index in [1.54, 1.807) is 0 Å². The molecule has 0 bridgehead atoms. The first-order valence-corrected chi connectivity index (χ1v) is 7.49. The summed E-state index contributed by atoms with van der Waals surface area (Å²) in [7, 11) is 0. The maximum absolute atomic E-state index is 12.3. The lowest BCUT2D eigenvalue weighted by Gasteiger charge is -2.32. The first-order chi connectivity index (χ1) is 9.18. The number of amides is 1. The maximum atomic E-state index is 12.3. The summed E-state index contributed by atoms with van der Waals surface area (Å²) in [6, 6.07) is -0.0454. The molecule has 0 aromatic carbocycles. The third kappa shape index (κ3) is 2.78. The summed E-state index contributed by atoms with van der Waals surface area (Å²) >= 11 is 0. The Kier molecular flexibility index (Phi) is 3.78. The number of carbonyl (C=O) groups excluding carboxylic acids is 1. The number of fused-ring (bicyclic) bond motifs is 1. The molecule has 3 aliphatic rings. The van der Waals surface area contributed by atoms with E-state index in [9.17, 15) is 9.90 Å². The quantitative estimate of drug-likeness (QED) is 0.675. The fraction of sp³-hybridized carbons (Fsp3) is 0.929. The number of rotatable bonds is 3. The van der Waals surface area contributed by atoms with Crippen molar-refractivity contribution in [2.45, 2.75) is 43.7 Å². The Morgan fingerprint density at radius 3 is 2.95 bits per heavy atom. The fourth-order valence-corrected chi connectivity index (χ4v) is 3.76. The summed E-state index contributed by atoms with van der Waals surface area (Å²) in [5.74, 6) is 1.25. The van der Waals surface area contributed by atoms with Crippen molar-refractivity contribution in [3.05, 3.63) is 0 Å². The van der Waals surface area contributed by atoms with E-state index in [0.29, 0.717) is 44.4 Å². The van der Waals surface area contributed by atoms with Gasteiger partial charge < -0.3 is 20.5 Å². The molecular formula is C14H24N2O3. The molecule has 5 nitrogen and oxygen atoms in total. The number of aliphatic hydroxyl groups is 1. The Balaban J connectivity index is 1.51. The van der Waals surface area contributed by atoms with E-state index in [1.165, 1.54) is 12.8 Å². The fourth-order valence-electron chi connectivity index (χ4n) is 3.76. The van der Waals surface area contributed by atoms with E-state index >= 15 is 0 Å². The number of nitrogens with one attached hydrogen (secondary N) is 2. The van der Waals surface area contributed by atoms with Crippen molar-refractivity contribution in [3.8, 4) is 0 Å². The molecule has 2 saturated heterocycles. The molecule has 3 unspecified atom stereocenters. The molecule has 5 heteroatoms. The van der Waals surface area contributed by atoms with Crippen molar-refractivity contribution in [1.29, 1.82) is 0 Å². The molecule has 3 rings (SSSR count). The topological polar surface area (TPSA) is 70.6 Å². The van der Waals surface area contributed by atoms with Gasteiger partial charge >= 0.3 is 0 Å². The van der Waals surface area contributed by atoms with Gasteiger partial charge in [-0.3, -0.25) is 4.79 Å². The molecule has 19 heavy (non-hydrogen) atoms. The van der Waals surface area contributed by atoms with Crippen molar-refractivity contribution in [1.82, 2.24) is 10.6 Å². The summed E-state index contributed by atoms with van der Waals surface area (Å²) in [5.41, 5.74) is -0.776. The van der Waals surface area contributed by atoms with Crippen LogP contribution in [-0.2, 0) is 9.53 Å². The summed E-state index contributed by atoms with van der Waals surface area (Å²) in [5, 5.41) is 16.6.